The Morgan fingerprint density at radius 3 is 1.95 bits per heavy atom. The fourth-order valence-corrected chi connectivity index (χ4v) is 2.68. The van der Waals surface area contributed by atoms with Crippen molar-refractivity contribution in [3.63, 3.8) is 0 Å². The molecule has 0 atom stereocenters. The molecule has 0 aliphatic carbocycles. The van der Waals surface area contributed by atoms with E-state index in [0.717, 1.165) is 16.2 Å². The number of methoxy groups -OCH3 is 1. The largest absolute Gasteiger partial charge is 0.504 e. The van der Waals surface area contributed by atoms with Crippen molar-refractivity contribution < 1.29 is 9.84 Å². The number of fused-ring (bicyclic) bond motifs is 3. The van der Waals surface area contributed by atoms with Crippen LogP contribution in [-0.2, 0) is 0 Å². The van der Waals surface area contributed by atoms with E-state index in [1.54, 1.807) is 18.2 Å². The van der Waals surface area contributed by atoms with Crippen molar-refractivity contribution in [1.82, 2.24) is 0 Å². The zero-order chi connectivity index (χ0) is 13.6. The van der Waals surface area contributed by atoms with Crippen LogP contribution in [0.3, 0.4) is 0 Å². The number of hydrogen-bond donors (Lipinski definition) is 1. The Labute approximate surface area is 120 Å². The predicted octanol–water partition coefficient (Wildman–Crippen LogP) is 5.01. The van der Waals surface area contributed by atoms with Gasteiger partial charge in [0.25, 0.3) is 0 Å². The molecule has 3 aromatic rings. The lowest BCUT2D eigenvalue weighted by Gasteiger charge is -2.12. The van der Waals surface area contributed by atoms with Crippen molar-refractivity contribution in [2.24, 2.45) is 0 Å². The highest BCUT2D eigenvalue weighted by atomic mass is 35.5. The third-order valence-electron chi connectivity index (χ3n) is 3.17. The van der Waals surface area contributed by atoms with Gasteiger partial charge in [0, 0.05) is 20.8 Å². The molecule has 3 aromatic carbocycles. The molecule has 0 unspecified atom stereocenters. The van der Waals surface area contributed by atoms with E-state index in [1.807, 2.05) is 18.2 Å². The molecule has 3 rings (SSSR count). The van der Waals surface area contributed by atoms with E-state index < -0.39 is 0 Å². The summed E-state index contributed by atoms with van der Waals surface area (Å²) in [7, 11) is 1.53. The molecule has 0 aliphatic heterocycles. The van der Waals surface area contributed by atoms with Crippen molar-refractivity contribution in [2.75, 3.05) is 7.11 Å². The summed E-state index contributed by atoms with van der Waals surface area (Å²) in [6.07, 6.45) is 0. The molecule has 0 radical (unpaired) electrons. The summed E-state index contributed by atoms with van der Waals surface area (Å²) in [5.41, 5.74) is 0. The first kappa shape index (κ1) is 12.4. The molecule has 0 amide bonds. The van der Waals surface area contributed by atoms with Gasteiger partial charge in [-0.1, -0.05) is 23.2 Å². The molecule has 0 aromatic heterocycles. The molecular formula is C15H10Cl2O2. The van der Waals surface area contributed by atoms with Crippen molar-refractivity contribution in [1.29, 1.82) is 0 Å². The van der Waals surface area contributed by atoms with Gasteiger partial charge in [-0.15, -0.1) is 0 Å². The molecule has 0 bridgehead atoms. The van der Waals surface area contributed by atoms with Crippen molar-refractivity contribution >= 4 is 44.7 Å². The fourth-order valence-electron chi connectivity index (χ4n) is 2.34. The highest BCUT2D eigenvalue weighted by Crippen LogP contribution is 2.43. The number of ether oxygens (including phenoxy) is 1. The van der Waals surface area contributed by atoms with E-state index in [1.165, 1.54) is 7.11 Å². The first-order chi connectivity index (χ1) is 9.11. The average molecular weight is 293 g/mol. The van der Waals surface area contributed by atoms with Crippen LogP contribution in [0.15, 0.2) is 36.4 Å². The summed E-state index contributed by atoms with van der Waals surface area (Å²) in [4.78, 5) is 0. The van der Waals surface area contributed by atoms with Crippen molar-refractivity contribution in [3.8, 4) is 11.5 Å². The molecule has 0 saturated carbocycles. The monoisotopic (exact) mass is 292 g/mol. The smallest absolute Gasteiger partial charge is 0.168 e. The fraction of sp³-hybridized carbons (Fsp3) is 0.0667. The summed E-state index contributed by atoms with van der Waals surface area (Å²) >= 11 is 12.1. The van der Waals surface area contributed by atoms with Crippen LogP contribution in [0.4, 0.5) is 0 Å². The van der Waals surface area contributed by atoms with Crippen LogP contribution >= 0.6 is 23.2 Å². The van der Waals surface area contributed by atoms with Gasteiger partial charge in [0.1, 0.15) is 0 Å². The maximum atomic E-state index is 10.3. The van der Waals surface area contributed by atoms with Crippen LogP contribution in [-0.4, -0.2) is 12.2 Å². The van der Waals surface area contributed by atoms with Crippen LogP contribution in [0.25, 0.3) is 21.5 Å². The lowest BCUT2D eigenvalue weighted by atomic mass is 10.00. The summed E-state index contributed by atoms with van der Waals surface area (Å²) in [5, 5.41) is 14.8. The topological polar surface area (TPSA) is 29.5 Å². The van der Waals surface area contributed by atoms with Crippen molar-refractivity contribution in [3.05, 3.63) is 46.4 Å². The number of benzene rings is 3. The van der Waals surface area contributed by atoms with Crippen LogP contribution in [0, 0.1) is 0 Å². The third-order valence-corrected chi connectivity index (χ3v) is 3.64. The summed E-state index contributed by atoms with van der Waals surface area (Å²) in [5.74, 6) is 0.561. The Morgan fingerprint density at radius 1 is 0.842 bits per heavy atom. The van der Waals surface area contributed by atoms with E-state index in [-0.39, 0.29) is 5.75 Å². The molecule has 19 heavy (non-hydrogen) atoms. The van der Waals surface area contributed by atoms with Crippen LogP contribution in [0.1, 0.15) is 0 Å². The molecule has 96 valence electrons. The van der Waals surface area contributed by atoms with Gasteiger partial charge < -0.3 is 9.84 Å². The molecule has 4 heteroatoms. The van der Waals surface area contributed by atoms with E-state index in [2.05, 4.69) is 0 Å². The summed E-state index contributed by atoms with van der Waals surface area (Å²) in [6.45, 7) is 0. The average Bonchev–Trinajstić information content (AvgIpc) is 2.40. The second-order valence-corrected chi connectivity index (χ2v) is 5.13. The molecule has 0 fully saturated rings. The minimum absolute atomic E-state index is 0.115. The molecular weight excluding hydrogens is 283 g/mol. The van der Waals surface area contributed by atoms with Crippen LogP contribution in [0.5, 0.6) is 11.5 Å². The van der Waals surface area contributed by atoms with E-state index >= 15 is 0 Å². The zero-order valence-corrected chi connectivity index (χ0v) is 11.6. The van der Waals surface area contributed by atoms with Gasteiger partial charge in [-0.3, -0.25) is 0 Å². The van der Waals surface area contributed by atoms with Crippen molar-refractivity contribution in [2.45, 2.75) is 0 Å². The van der Waals surface area contributed by atoms with Crippen LogP contribution < -0.4 is 4.74 Å². The lowest BCUT2D eigenvalue weighted by Crippen LogP contribution is -1.88. The number of hydrogen-bond acceptors (Lipinski definition) is 2. The first-order valence-corrected chi connectivity index (χ1v) is 6.45. The highest BCUT2D eigenvalue weighted by molar-refractivity contribution is 6.33. The Morgan fingerprint density at radius 2 is 1.37 bits per heavy atom. The highest BCUT2D eigenvalue weighted by Gasteiger charge is 2.14. The Bertz CT molecular complexity index is 797. The number of rotatable bonds is 1. The normalized spacial score (nSPS) is 11.1. The van der Waals surface area contributed by atoms with Gasteiger partial charge in [0.2, 0.25) is 0 Å². The number of halogens is 2. The number of phenols is 1. The molecule has 0 aliphatic rings. The van der Waals surface area contributed by atoms with Crippen LogP contribution in [0.2, 0.25) is 10.0 Å². The van der Waals surface area contributed by atoms with E-state index in [4.69, 9.17) is 27.9 Å². The molecule has 0 saturated heterocycles. The quantitative estimate of drug-likeness (QED) is 0.639. The Hall–Kier alpha value is -1.64. The van der Waals surface area contributed by atoms with Gasteiger partial charge in [-0.05, 0) is 47.2 Å². The van der Waals surface area contributed by atoms with E-state index in [9.17, 15) is 5.11 Å². The second kappa shape index (κ2) is 4.48. The first-order valence-electron chi connectivity index (χ1n) is 5.69. The zero-order valence-electron chi connectivity index (χ0n) is 10.1. The van der Waals surface area contributed by atoms with Gasteiger partial charge in [-0.2, -0.15) is 0 Å². The maximum Gasteiger partial charge on any atom is 0.168 e. The molecule has 2 nitrogen and oxygen atoms in total. The maximum absolute atomic E-state index is 10.3. The van der Waals surface area contributed by atoms with Gasteiger partial charge >= 0.3 is 0 Å². The van der Waals surface area contributed by atoms with E-state index in [0.29, 0.717) is 21.2 Å². The number of aromatic hydroxyl groups is 1. The SMILES string of the molecule is COc1c(O)c2ccc(Cl)cc2c2cc(Cl)ccc12. The lowest BCUT2D eigenvalue weighted by molar-refractivity contribution is 0.381. The minimum Gasteiger partial charge on any atom is -0.504 e. The standard InChI is InChI=1S/C15H10Cl2O2/c1-19-15-11-5-3-9(17)7-13(11)12-6-8(16)2-4-10(12)14(15)18/h2-7,18H,1H3. The minimum atomic E-state index is 0.115. The molecule has 1 N–H and O–H groups in total. The predicted molar refractivity (Wildman–Crippen MR) is 79.7 cm³/mol. The van der Waals surface area contributed by atoms with Gasteiger partial charge in [0.05, 0.1) is 7.11 Å². The molecule has 0 spiro atoms. The Kier molecular flexibility index (Phi) is 2.92. The molecule has 0 heterocycles. The summed E-state index contributed by atoms with van der Waals surface area (Å²) in [6, 6.07) is 10.8. The Balaban J connectivity index is 2.62. The number of phenolic OH excluding ortho intramolecular Hbond substituents is 1. The van der Waals surface area contributed by atoms with Gasteiger partial charge in [0.15, 0.2) is 11.5 Å². The third kappa shape index (κ3) is 1.88. The summed E-state index contributed by atoms with van der Waals surface area (Å²) < 4.78 is 5.31. The second-order valence-electron chi connectivity index (χ2n) is 4.26. The van der Waals surface area contributed by atoms with Gasteiger partial charge in [-0.25, -0.2) is 0 Å².